The van der Waals surface area contributed by atoms with E-state index in [4.69, 9.17) is 4.74 Å². The molecule has 1 aliphatic carbocycles. The molecule has 3 nitrogen and oxygen atoms in total. The molecule has 0 heterocycles. The lowest BCUT2D eigenvalue weighted by Gasteiger charge is -2.35. The molecule has 1 aromatic carbocycles. The monoisotopic (exact) mass is 249 g/mol. The maximum atomic E-state index is 9.57. The van der Waals surface area contributed by atoms with Crippen LogP contribution < -0.4 is 9.64 Å². The number of hydrogen-bond donors (Lipinski definition) is 1. The fourth-order valence-corrected chi connectivity index (χ4v) is 2.67. The summed E-state index contributed by atoms with van der Waals surface area (Å²) in [5.74, 6) is 0.952. The minimum absolute atomic E-state index is 0.100. The third-order valence-electron chi connectivity index (χ3n) is 3.76. The first-order valence-electron chi connectivity index (χ1n) is 6.85. The molecular weight excluding hydrogens is 226 g/mol. The van der Waals surface area contributed by atoms with E-state index in [0.29, 0.717) is 12.6 Å². The summed E-state index contributed by atoms with van der Waals surface area (Å²) >= 11 is 0. The van der Waals surface area contributed by atoms with E-state index >= 15 is 0 Å². The van der Waals surface area contributed by atoms with Crippen molar-refractivity contribution in [2.24, 2.45) is 0 Å². The van der Waals surface area contributed by atoms with Crippen molar-refractivity contribution >= 4 is 5.69 Å². The van der Waals surface area contributed by atoms with Gasteiger partial charge >= 0.3 is 0 Å². The largest absolute Gasteiger partial charge is 0.492 e. The van der Waals surface area contributed by atoms with Gasteiger partial charge in [-0.3, -0.25) is 0 Å². The topological polar surface area (TPSA) is 32.7 Å². The van der Waals surface area contributed by atoms with E-state index < -0.39 is 0 Å². The number of ether oxygens (including phenoxy) is 1. The van der Waals surface area contributed by atoms with Crippen molar-refractivity contribution in [3.8, 4) is 5.75 Å². The van der Waals surface area contributed by atoms with Crippen molar-refractivity contribution in [2.75, 3.05) is 18.6 Å². The van der Waals surface area contributed by atoms with Gasteiger partial charge in [0.25, 0.3) is 0 Å². The molecule has 1 N–H and O–H groups in total. The van der Waals surface area contributed by atoms with E-state index in [1.54, 1.807) is 0 Å². The average molecular weight is 249 g/mol. The normalized spacial score (nSPS) is 23.7. The Kier molecular flexibility index (Phi) is 4.48. The SMILES string of the molecule is CCOc1ccccc1N(C)C1CCC(O)CC1. The van der Waals surface area contributed by atoms with Crippen molar-refractivity contribution < 1.29 is 9.84 Å². The van der Waals surface area contributed by atoms with Crippen molar-refractivity contribution in [3.63, 3.8) is 0 Å². The van der Waals surface area contributed by atoms with Crippen LogP contribution >= 0.6 is 0 Å². The second-order valence-corrected chi connectivity index (χ2v) is 4.97. The number of aliphatic hydroxyl groups excluding tert-OH is 1. The Hall–Kier alpha value is -1.22. The zero-order valence-electron chi connectivity index (χ0n) is 11.3. The molecule has 18 heavy (non-hydrogen) atoms. The van der Waals surface area contributed by atoms with E-state index in [2.05, 4.69) is 18.0 Å². The molecule has 0 aromatic heterocycles. The molecule has 0 spiro atoms. The molecule has 1 aliphatic rings. The molecular formula is C15H23NO2. The van der Waals surface area contributed by atoms with Crippen LogP contribution in [0.5, 0.6) is 5.75 Å². The van der Waals surface area contributed by atoms with Gasteiger partial charge in [-0.05, 0) is 44.7 Å². The Morgan fingerprint density at radius 2 is 1.89 bits per heavy atom. The predicted octanol–water partition coefficient (Wildman–Crippen LogP) is 2.83. The van der Waals surface area contributed by atoms with Crippen LogP contribution in [-0.2, 0) is 0 Å². The van der Waals surface area contributed by atoms with Gasteiger partial charge in [0.05, 0.1) is 18.4 Å². The van der Waals surface area contributed by atoms with Crippen LogP contribution in [0.2, 0.25) is 0 Å². The molecule has 0 amide bonds. The molecule has 3 heteroatoms. The van der Waals surface area contributed by atoms with E-state index in [9.17, 15) is 5.11 Å². The molecule has 100 valence electrons. The van der Waals surface area contributed by atoms with Crippen LogP contribution in [0.1, 0.15) is 32.6 Å². The lowest BCUT2D eigenvalue weighted by Crippen LogP contribution is -2.36. The van der Waals surface area contributed by atoms with Crippen LogP contribution in [0.25, 0.3) is 0 Å². The summed E-state index contributed by atoms with van der Waals surface area (Å²) in [6.07, 6.45) is 3.82. The quantitative estimate of drug-likeness (QED) is 0.890. The van der Waals surface area contributed by atoms with Crippen LogP contribution in [0, 0.1) is 0 Å². The van der Waals surface area contributed by atoms with E-state index in [1.165, 1.54) is 0 Å². The van der Waals surface area contributed by atoms with Gasteiger partial charge in [-0.15, -0.1) is 0 Å². The van der Waals surface area contributed by atoms with Gasteiger partial charge in [0.15, 0.2) is 0 Å². The summed E-state index contributed by atoms with van der Waals surface area (Å²) < 4.78 is 5.68. The molecule has 0 atom stereocenters. The Morgan fingerprint density at radius 3 is 2.56 bits per heavy atom. The Morgan fingerprint density at radius 1 is 1.22 bits per heavy atom. The molecule has 0 radical (unpaired) electrons. The molecule has 0 unspecified atom stereocenters. The summed E-state index contributed by atoms with van der Waals surface area (Å²) in [7, 11) is 2.13. The van der Waals surface area contributed by atoms with E-state index in [1.807, 2.05) is 25.1 Å². The molecule has 1 fully saturated rings. The van der Waals surface area contributed by atoms with Crippen LogP contribution in [0.15, 0.2) is 24.3 Å². The third kappa shape index (κ3) is 2.96. The highest BCUT2D eigenvalue weighted by Gasteiger charge is 2.24. The first kappa shape index (κ1) is 13.2. The number of para-hydroxylation sites is 2. The fourth-order valence-electron chi connectivity index (χ4n) is 2.67. The smallest absolute Gasteiger partial charge is 0.142 e. The molecule has 0 aliphatic heterocycles. The third-order valence-corrected chi connectivity index (χ3v) is 3.76. The van der Waals surface area contributed by atoms with Gasteiger partial charge in [0, 0.05) is 13.1 Å². The van der Waals surface area contributed by atoms with Gasteiger partial charge in [0.1, 0.15) is 5.75 Å². The van der Waals surface area contributed by atoms with Gasteiger partial charge in [-0.1, -0.05) is 12.1 Å². The van der Waals surface area contributed by atoms with Gasteiger partial charge in [-0.25, -0.2) is 0 Å². The maximum absolute atomic E-state index is 9.57. The number of hydrogen-bond acceptors (Lipinski definition) is 3. The summed E-state index contributed by atoms with van der Waals surface area (Å²) in [5.41, 5.74) is 1.15. The number of nitrogens with zero attached hydrogens (tertiary/aromatic N) is 1. The summed E-state index contributed by atoms with van der Waals surface area (Å²) in [6.45, 7) is 2.70. The first-order chi connectivity index (χ1) is 8.72. The standard InChI is InChI=1S/C15H23NO2/c1-3-18-15-7-5-4-6-14(15)16(2)12-8-10-13(17)11-9-12/h4-7,12-13,17H,3,8-11H2,1-2H3. The lowest BCUT2D eigenvalue weighted by molar-refractivity contribution is 0.122. The summed E-state index contributed by atoms with van der Waals surface area (Å²) in [6, 6.07) is 8.69. The van der Waals surface area contributed by atoms with Gasteiger partial charge in [0.2, 0.25) is 0 Å². The second kappa shape index (κ2) is 6.10. The molecule has 1 aromatic rings. The minimum atomic E-state index is -0.100. The van der Waals surface area contributed by atoms with Crippen molar-refractivity contribution in [3.05, 3.63) is 24.3 Å². The van der Waals surface area contributed by atoms with Crippen LogP contribution in [0.3, 0.4) is 0 Å². The minimum Gasteiger partial charge on any atom is -0.492 e. The molecule has 0 saturated heterocycles. The lowest BCUT2D eigenvalue weighted by atomic mass is 9.92. The number of anilines is 1. The number of rotatable bonds is 4. The number of benzene rings is 1. The van der Waals surface area contributed by atoms with Crippen molar-refractivity contribution in [2.45, 2.75) is 44.8 Å². The Labute approximate surface area is 109 Å². The summed E-state index contributed by atoms with van der Waals surface area (Å²) in [4.78, 5) is 2.30. The van der Waals surface area contributed by atoms with E-state index in [-0.39, 0.29) is 6.10 Å². The van der Waals surface area contributed by atoms with Crippen molar-refractivity contribution in [1.82, 2.24) is 0 Å². The zero-order valence-corrected chi connectivity index (χ0v) is 11.3. The first-order valence-corrected chi connectivity index (χ1v) is 6.85. The molecule has 2 rings (SSSR count). The summed E-state index contributed by atoms with van der Waals surface area (Å²) in [5, 5.41) is 9.57. The second-order valence-electron chi connectivity index (χ2n) is 4.97. The molecule has 0 bridgehead atoms. The molecule has 1 saturated carbocycles. The van der Waals surface area contributed by atoms with Crippen LogP contribution in [0.4, 0.5) is 5.69 Å². The van der Waals surface area contributed by atoms with Gasteiger partial charge < -0.3 is 14.7 Å². The Bertz CT molecular complexity index is 373. The van der Waals surface area contributed by atoms with E-state index in [0.717, 1.165) is 37.1 Å². The van der Waals surface area contributed by atoms with Crippen molar-refractivity contribution in [1.29, 1.82) is 0 Å². The van der Waals surface area contributed by atoms with Gasteiger partial charge in [-0.2, -0.15) is 0 Å². The maximum Gasteiger partial charge on any atom is 0.142 e. The Balaban J connectivity index is 2.10. The average Bonchev–Trinajstić information content (AvgIpc) is 2.40. The van der Waals surface area contributed by atoms with Crippen LogP contribution in [-0.4, -0.2) is 30.9 Å². The highest BCUT2D eigenvalue weighted by atomic mass is 16.5. The predicted molar refractivity (Wildman–Crippen MR) is 74.3 cm³/mol. The number of aliphatic hydroxyl groups is 1. The fraction of sp³-hybridized carbons (Fsp3) is 0.600. The highest BCUT2D eigenvalue weighted by molar-refractivity contribution is 5.58. The zero-order chi connectivity index (χ0) is 13.0. The highest BCUT2D eigenvalue weighted by Crippen LogP contribution is 2.32.